The fourth-order valence-corrected chi connectivity index (χ4v) is 4.53. The van der Waals surface area contributed by atoms with E-state index in [1.54, 1.807) is 11.4 Å². The van der Waals surface area contributed by atoms with Crippen LogP contribution in [-0.2, 0) is 16.6 Å². The molecule has 1 aromatic heterocycles. The molecule has 1 aromatic rings. The zero-order valence-corrected chi connectivity index (χ0v) is 14.1. The maximum Gasteiger partial charge on any atom is 0.244 e. The van der Waals surface area contributed by atoms with Crippen LogP contribution in [0.25, 0.3) is 0 Å². The Bertz CT molecular complexity index is 535. The summed E-state index contributed by atoms with van der Waals surface area (Å²) in [7, 11) is -3.40. The van der Waals surface area contributed by atoms with Crippen molar-refractivity contribution in [2.75, 3.05) is 19.6 Å². The van der Waals surface area contributed by atoms with E-state index < -0.39 is 10.0 Å². The molecule has 0 bridgehead atoms. The highest BCUT2D eigenvalue weighted by atomic mass is 32.2. The zero-order valence-electron chi connectivity index (χ0n) is 12.5. The minimum absolute atomic E-state index is 0.373. The Labute approximate surface area is 126 Å². The van der Waals surface area contributed by atoms with Gasteiger partial charge >= 0.3 is 0 Å². The number of nitrogens with one attached hydrogen (secondary N) is 1. The number of hydrogen-bond donors (Lipinski definition) is 1. The molecule has 4 nitrogen and oxygen atoms in total. The third kappa shape index (κ3) is 4.70. The molecule has 0 aliphatic heterocycles. The molecule has 20 heavy (non-hydrogen) atoms. The Hall–Kier alpha value is -0.690. The lowest BCUT2D eigenvalue weighted by atomic mass is 10.3. The molecule has 0 amide bonds. The summed E-state index contributed by atoms with van der Waals surface area (Å²) >= 11 is 1.48. The summed E-state index contributed by atoms with van der Waals surface area (Å²) in [5.74, 6) is 0. The van der Waals surface area contributed by atoms with Crippen molar-refractivity contribution in [3.8, 4) is 0 Å². The predicted octanol–water partition coefficient (Wildman–Crippen LogP) is 2.83. The van der Waals surface area contributed by atoms with Crippen LogP contribution in [0.4, 0.5) is 0 Å². The average molecular weight is 316 g/mol. The van der Waals surface area contributed by atoms with Crippen LogP contribution in [0.15, 0.2) is 28.5 Å². The van der Waals surface area contributed by atoms with Crippen LogP contribution in [0.3, 0.4) is 0 Å². The number of sulfonamides is 1. The van der Waals surface area contributed by atoms with Crippen molar-refractivity contribution < 1.29 is 8.42 Å². The van der Waals surface area contributed by atoms with Crippen LogP contribution in [-0.4, -0.2) is 32.4 Å². The third-order valence-electron chi connectivity index (χ3n) is 2.79. The molecule has 0 spiro atoms. The largest absolute Gasteiger partial charge is 0.312 e. The fourth-order valence-electron chi connectivity index (χ4n) is 1.79. The molecule has 1 rings (SSSR count). The lowest BCUT2D eigenvalue weighted by Gasteiger charge is -2.19. The van der Waals surface area contributed by atoms with Gasteiger partial charge in [0.05, 0.1) is 4.90 Å². The number of likely N-dealkylation sites (N-methyl/N-ethyl adjacent to an activating group) is 1. The first-order valence-corrected chi connectivity index (χ1v) is 9.16. The van der Waals surface area contributed by atoms with E-state index in [0.29, 0.717) is 18.0 Å². The smallest absolute Gasteiger partial charge is 0.244 e. The molecule has 0 fully saturated rings. The summed E-state index contributed by atoms with van der Waals surface area (Å²) in [6, 6.07) is 1.77. The lowest BCUT2D eigenvalue weighted by Crippen LogP contribution is -2.32. The first kappa shape index (κ1) is 17.4. The van der Waals surface area contributed by atoms with Gasteiger partial charge in [-0.1, -0.05) is 26.0 Å². The van der Waals surface area contributed by atoms with E-state index >= 15 is 0 Å². The van der Waals surface area contributed by atoms with E-state index in [-0.39, 0.29) is 0 Å². The second kappa shape index (κ2) is 7.93. The minimum Gasteiger partial charge on any atom is -0.312 e. The molecule has 1 N–H and O–H groups in total. The topological polar surface area (TPSA) is 49.4 Å². The van der Waals surface area contributed by atoms with Crippen molar-refractivity contribution in [3.05, 3.63) is 28.5 Å². The average Bonchev–Trinajstić information content (AvgIpc) is 2.85. The summed E-state index contributed by atoms with van der Waals surface area (Å²) in [6.07, 6.45) is 1.07. The quantitative estimate of drug-likeness (QED) is 0.563. The van der Waals surface area contributed by atoms with Gasteiger partial charge in [-0.3, -0.25) is 0 Å². The third-order valence-corrected chi connectivity index (χ3v) is 5.78. The molecule has 0 saturated carbocycles. The van der Waals surface area contributed by atoms with Gasteiger partial charge in [0.2, 0.25) is 10.0 Å². The molecule has 0 aliphatic carbocycles. The Morgan fingerprint density at radius 1 is 1.45 bits per heavy atom. The maximum absolute atomic E-state index is 12.5. The van der Waals surface area contributed by atoms with Gasteiger partial charge in [-0.25, -0.2) is 8.42 Å². The van der Waals surface area contributed by atoms with Gasteiger partial charge in [-0.2, -0.15) is 4.31 Å². The molecular weight excluding hydrogens is 292 g/mol. The van der Waals surface area contributed by atoms with Crippen LogP contribution in [0.5, 0.6) is 0 Å². The van der Waals surface area contributed by atoms with E-state index in [0.717, 1.165) is 30.0 Å². The van der Waals surface area contributed by atoms with E-state index in [2.05, 4.69) is 18.8 Å². The molecule has 0 saturated heterocycles. The predicted molar refractivity (Wildman–Crippen MR) is 85.6 cm³/mol. The molecule has 114 valence electrons. The van der Waals surface area contributed by atoms with Gasteiger partial charge in [-0.05, 0) is 26.0 Å². The lowest BCUT2D eigenvalue weighted by molar-refractivity contribution is 0.453. The number of thiophene rings is 1. The van der Waals surface area contributed by atoms with E-state index in [1.165, 1.54) is 15.6 Å². The normalized spacial score (nSPS) is 12.0. The standard InChI is InChI=1S/C14H24N2O2S2/c1-5-7-15-9-13-8-14(11-19-13)20(17,18)16(6-2)10-12(3)4/h8,11,15H,3,5-7,9-10H2,1-2,4H3. The van der Waals surface area contributed by atoms with Crippen molar-refractivity contribution in [3.63, 3.8) is 0 Å². The second-order valence-corrected chi connectivity index (χ2v) is 7.75. The minimum atomic E-state index is -3.40. The molecule has 6 heteroatoms. The van der Waals surface area contributed by atoms with Gasteiger partial charge in [0.15, 0.2) is 0 Å². The molecule has 0 radical (unpaired) electrons. The first-order chi connectivity index (χ1) is 9.41. The maximum atomic E-state index is 12.5. The highest BCUT2D eigenvalue weighted by Gasteiger charge is 2.24. The molecule has 0 aliphatic rings. The van der Waals surface area contributed by atoms with E-state index in [9.17, 15) is 8.42 Å². The summed E-state index contributed by atoms with van der Waals surface area (Å²) in [6.45, 7) is 12.1. The van der Waals surface area contributed by atoms with Crippen LogP contribution in [0, 0.1) is 0 Å². The van der Waals surface area contributed by atoms with Gasteiger partial charge in [0.1, 0.15) is 0 Å². The molecule has 0 aromatic carbocycles. The SMILES string of the molecule is C=C(C)CN(CC)S(=O)(=O)c1csc(CNCCC)c1. The van der Waals surface area contributed by atoms with Gasteiger partial charge in [0.25, 0.3) is 0 Å². The van der Waals surface area contributed by atoms with Crippen LogP contribution >= 0.6 is 11.3 Å². The first-order valence-electron chi connectivity index (χ1n) is 6.84. The Morgan fingerprint density at radius 2 is 2.15 bits per heavy atom. The summed E-state index contributed by atoms with van der Waals surface area (Å²) in [4.78, 5) is 1.43. The van der Waals surface area contributed by atoms with Crippen LogP contribution in [0.2, 0.25) is 0 Å². The number of hydrogen-bond acceptors (Lipinski definition) is 4. The van der Waals surface area contributed by atoms with Gasteiger partial charge < -0.3 is 5.32 Å². The molecule has 1 heterocycles. The monoisotopic (exact) mass is 316 g/mol. The molecular formula is C14H24N2O2S2. The van der Waals surface area contributed by atoms with Crippen LogP contribution < -0.4 is 5.32 Å². The Balaban J connectivity index is 2.83. The highest BCUT2D eigenvalue weighted by molar-refractivity contribution is 7.89. The zero-order chi connectivity index (χ0) is 15.2. The van der Waals surface area contributed by atoms with Crippen molar-refractivity contribution in [1.29, 1.82) is 0 Å². The second-order valence-electron chi connectivity index (χ2n) is 4.81. The molecule has 0 unspecified atom stereocenters. The number of nitrogens with zero attached hydrogens (tertiary/aromatic N) is 1. The van der Waals surface area contributed by atoms with Crippen LogP contribution in [0.1, 0.15) is 32.1 Å². The summed E-state index contributed by atoms with van der Waals surface area (Å²) in [5, 5.41) is 5.00. The Kier molecular flexibility index (Phi) is 6.88. The van der Waals surface area contributed by atoms with Crippen molar-refractivity contribution in [1.82, 2.24) is 9.62 Å². The summed E-state index contributed by atoms with van der Waals surface area (Å²) in [5.41, 5.74) is 0.843. The van der Waals surface area contributed by atoms with Crippen molar-refractivity contribution in [2.45, 2.75) is 38.6 Å². The fraction of sp³-hybridized carbons (Fsp3) is 0.571. The summed E-state index contributed by atoms with van der Waals surface area (Å²) < 4.78 is 26.5. The highest BCUT2D eigenvalue weighted by Crippen LogP contribution is 2.23. The Morgan fingerprint density at radius 3 is 2.70 bits per heavy atom. The number of rotatable bonds is 9. The van der Waals surface area contributed by atoms with Gasteiger partial charge in [0, 0.05) is 29.9 Å². The molecule has 0 atom stereocenters. The van der Waals surface area contributed by atoms with Crippen molar-refractivity contribution in [2.24, 2.45) is 0 Å². The van der Waals surface area contributed by atoms with E-state index in [4.69, 9.17) is 0 Å². The van der Waals surface area contributed by atoms with E-state index in [1.807, 2.05) is 13.8 Å². The van der Waals surface area contributed by atoms with Crippen molar-refractivity contribution >= 4 is 21.4 Å². The van der Waals surface area contributed by atoms with Gasteiger partial charge in [-0.15, -0.1) is 11.3 Å².